The highest BCUT2D eigenvalue weighted by Crippen LogP contribution is 2.40. The van der Waals surface area contributed by atoms with E-state index in [0.717, 1.165) is 61.2 Å². The van der Waals surface area contributed by atoms with Gasteiger partial charge in [0.2, 0.25) is 23.6 Å². The minimum absolute atomic E-state index is 0.0331. The van der Waals surface area contributed by atoms with Gasteiger partial charge in [-0.2, -0.15) is 5.10 Å². The van der Waals surface area contributed by atoms with E-state index in [2.05, 4.69) is 49.7 Å². The fraction of sp³-hybridized carbons (Fsp3) is 0.377. The molecule has 10 rings (SSSR count). The Morgan fingerprint density at radius 3 is 2.40 bits per heavy atom. The summed E-state index contributed by atoms with van der Waals surface area (Å²) >= 11 is 7.95. The highest BCUT2D eigenvalue weighted by molar-refractivity contribution is 7.15. The minimum atomic E-state index is -0.859. The van der Waals surface area contributed by atoms with E-state index in [-0.39, 0.29) is 61.2 Å². The number of aliphatic hydroxyl groups is 1. The number of halogens is 1. The summed E-state index contributed by atoms with van der Waals surface area (Å²) in [7, 11) is 0. The number of pyridine rings is 1. The normalized spacial score (nSPS) is 20.2. The number of aryl methyl sites for hydroxylation is 3. The molecule has 5 aromatic heterocycles. The Labute approximate surface area is 425 Å². The number of aromatic nitrogens is 7. The zero-order valence-corrected chi connectivity index (χ0v) is 42.6. The van der Waals surface area contributed by atoms with Gasteiger partial charge in [-0.05, 0) is 75.4 Å². The van der Waals surface area contributed by atoms with Gasteiger partial charge in [-0.15, -0.1) is 21.5 Å². The van der Waals surface area contributed by atoms with Crippen LogP contribution >= 0.6 is 22.9 Å². The number of hydrogen-bond acceptors (Lipinski definition) is 13. The summed E-state index contributed by atoms with van der Waals surface area (Å²) in [6.07, 6.45) is 6.98. The summed E-state index contributed by atoms with van der Waals surface area (Å²) in [4.78, 5) is 58.5. The van der Waals surface area contributed by atoms with Crippen molar-refractivity contribution in [2.45, 2.75) is 117 Å². The molecule has 372 valence electrons. The third-order valence-electron chi connectivity index (χ3n) is 14.0. The molecule has 72 heavy (non-hydrogen) atoms. The van der Waals surface area contributed by atoms with E-state index in [1.807, 2.05) is 106 Å². The van der Waals surface area contributed by atoms with Gasteiger partial charge in [0.05, 0.1) is 36.2 Å². The first-order valence-corrected chi connectivity index (χ1v) is 25.4. The molecule has 3 amide bonds. The van der Waals surface area contributed by atoms with Crippen LogP contribution in [0.25, 0.3) is 27.5 Å². The summed E-state index contributed by atoms with van der Waals surface area (Å²) in [5, 5.41) is 32.3. The van der Waals surface area contributed by atoms with Crippen LogP contribution in [0.15, 0.2) is 95.1 Å². The number of hydrogen-bond donors (Lipinski definition) is 3. The summed E-state index contributed by atoms with van der Waals surface area (Å²) < 4.78 is 15.5. The lowest BCUT2D eigenvalue weighted by molar-refractivity contribution is -0.142. The molecule has 2 aliphatic heterocycles. The van der Waals surface area contributed by atoms with Crippen molar-refractivity contribution in [1.29, 1.82) is 0 Å². The van der Waals surface area contributed by atoms with Crippen LogP contribution in [0.3, 0.4) is 0 Å². The molecule has 0 spiro atoms. The third kappa shape index (κ3) is 9.57. The molecule has 3 N–H and O–H groups in total. The Balaban J connectivity index is 0.762. The molecule has 1 saturated carbocycles. The summed E-state index contributed by atoms with van der Waals surface area (Å²) in [5.41, 5.74) is 7.92. The number of amides is 3. The van der Waals surface area contributed by atoms with Gasteiger partial charge < -0.3 is 29.8 Å². The summed E-state index contributed by atoms with van der Waals surface area (Å²) in [6.45, 7) is 13.8. The van der Waals surface area contributed by atoms with E-state index in [4.69, 9.17) is 25.7 Å². The minimum Gasteiger partial charge on any atom is -0.474 e. The van der Waals surface area contributed by atoms with Crippen LogP contribution in [0.5, 0.6) is 5.88 Å². The summed E-state index contributed by atoms with van der Waals surface area (Å²) in [5.74, 6) is 1.49. The van der Waals surface area contributed by atoms with Gasteiger partial charge in [-0.25, -0.2) is 9.97 Å². The van der Waals surface area contributed by atoms with Crippen LogP contribution in [-0.2, 0) is 14.4 Å². The number of aliphatic hydroxyl groups excluding tert-OH is 1. The molecule has 7 heterocycles. The lowest BCUT2D eigenvalue weighted by Crippen LogP contribution is -2.49. The Hall–Kier alpha value is -7.02. The average molecular weight is 1010 g/mol. The Kier molecular flexibility index (Phi) is 13.4. The quantitative estimate of drug-likeness (QED) is 0.0947. The Bertz CT molecular complexity index is 3190. The smallest absolute Gasteiger partial charge is 0.248 e. The predicted molar refractivity (Wildman–Crippen MR) is 272 cm³/mol. The second-order valence-electron chi connectivity index (χ2n) is 19.4. The van der Waals surface area contributed by atoms with Gasteiger partial charge in [0.1, 0.15) is 35.1 Å². The molecule has 0 radical (unpaired) electrons. The number of ether oxygens (including phenoxy) is 1. The maximum absolute atomic E-state index is 14.4. The highest BCUT2D eigenvalue weighted by Gasteiger charge is 2.43. The molecule has 3 aliphatic rings. The monoisotopic (exact) mass is 1010 g/mol. The molecule has 1 saturated heterocycles. The van der Waals surface area contributed by atoms with Gasteiger partial charge >= 0.3 is 0 Å². The first-order chi connectivity index (χ1) is 34.6. The molecule has 19 heteroatoms. The van der Waals surface area contributed by atoms with Crippen molar-refractivity contribution >= 4 is 46.4 Å². The van der Waals surface area contributed by atoms with Crippen LogP contribution in [0.4, 0.5) is 0 Å². The first kappa shape index (κ1) is 48.6. The Morgan fingerprint density at radius 2 is 1.68 bits per heavy atom. The Morgan fingerprint density at radius 1 is 0.931 bits per heavy atom. The number of likely N-dealkylation sites (tertiary alicyclic amines) is 1. The van der Waals surface area contributed by atoms with Crippen molar-refractivity contribution in [1.82, 2.24) is 50.0 Å². The van der Waals surface area contributed by atoms with Crippen LogP contribution in [0.2, 0.25) is 5.02 Å². The van der Waals surface area contributed by atoms with Crippen molar-refractivity contribution in [3.05, 3.63) is 135 Å². The fourth-order valence-corrected chi connectivity index (χ4v) is 11.3. The molecule has 17 nitrogen and oxygen atoms in total. The number of carbonyl (C=O) groups excluding carboxylic acids is 3. The van der Waals surface area contributed by atoms with E-state index in [1.54, 1.807) is 28.4 Å². The number of fused-ring (bicyclic) bond motifs is 3. The average Bonchev–Trinajstić information content (AvgIpc) is 4.19. The predicted octanol–water partition coefficient (Wildman–Crippen LogP) is 8.17. The molecule has 2 aromatic carbocycles. The van der Waals surface area contributed by atoms with Gasteiger partial charge in [-0.1, -0.05) is 61.8 Å². The fourth-order valence-electron chi connectivity index (χ4n) is 9.91. The zero-order chi connectivity index (χ0) is 50.5. The standard InChI is InChI=1S/C53H56ClN11O6S/c1-27(2)48(52(69)63-25-40(66)21-43(63)51(68)58-29(4)33-8-10-35(11-9-33)49-30(5)56-26-70-49)64-24-37(23-57-64)36-16-17-55-45(18-36)71-41-19-39(20-41)59-44(67)22-42-50-62-61-32(7)65(50)53-46(28(3)31(6)72-53)47(60-42)34-12-14-38(54)15-13-34/h8-18,23-24,26-27,29,39-43,48,66H,19-22,25H2,1-7H3,(H,58,68)(H,59,67)/t29-,39?,40+,41?,42-,43-,48-/m0/s1. The van der Waals surface area contributed by atoms with Crippen molar-refractivity contribution < 1.29 is 28.6 Å². The molecular formula is C53H56ClN11O6S. The van der Waals surface area contributed by atoms with E-state index in [0.29, 0.717) is 35.3 Å². The number of nitrogens with one attached hydrogen (secondary N) is 2. The van der Waals surface area contributed by atoms with Gasteiger partial charge in [0, 0.05) is 82.5 Å². The molecule has 2 fully saturated rings. The lowest BCUT2D eigenvalue weighted by Gasteiger charge is -2.35. The zero-order valence-electron chi connectivity index (χ0n) is 41.0. The van der Waals surface area contributed by atoms with E-state index in [9.17, 15) is 19.5 Å². The van der Waals surface area contributed by atoms with Gasteiger partial charge in [0.15, 0.2) is 18.0 Å². The molecular weight excluding hydrogens is 954 g/mol. The van der Waals surface area contributed by atoms with Crippen molar-refractivity contribution in [3.63, 3.8) is 0 Å². The second kappa shape index (κ2) is 19.9. The van der Waals surface area contributed by atoms with Crippen molar-refractivity contribution in [2.24, 2.45) is 10.9 Å². The highest BCUT2D eigenvalue weighted by atomic mass is 35.5. The van der Waals surface area contributed by atoms with Crippen LogP contribution in [-0.4, -0.2) is 98.8 Å². The van der Waals surface area contributed by atoms with E-state index < -0.39 is 24.2 Å². The number of nitrogens with zero attached hydrogens (tertiary/aromatic N) is 9. The SMILES string of the molecule is Cc1ncoc1-c1ccc([C@H](C)NC(=O)[C@@H]2C[C@@H](O)CN2C(=O)[C@H](C(C)C)n2cc(-c3ccnc(OC4CC(NC(=O)C[C@@H]5N=C(c6ccc(Cl)cc6)c6c(sc(C)c6C)-n6c(C)nnc65)C4)c3)cn2)cc1. The van der Waals surface area contributed by atoms with Gasteiger partial charge in [-0.3, -0.25) is 28.6 Å². The molecule has 1 aliphatic carbocycles. The van der Waals surface area contributed by atoms with Crippen LogP contribution in [0.1, 0.15) is 109 Å². The number of thiophene rings is 1. The second-order valence-corrected chi connectivity index (χ2v) is 21.0. The lowest BCUT2D eigenvalue weighted by atomic mass is 9.89. The van der Waals surface area contributed by atoms with Gasteiger partial charge in [0.25, 0.3) is 0 Å². The maximum atomic E-state index is 14.4. The van der Waals surface area contributed by atoms with Crippen molar-refractivity contribution in [3.8, 4) is 33.3 Å². The van der Waals surface area contributed by atoms with Crippen LogP contribution < -0.4 is 15.4 Å². The molecule has 7 aromatic rings. The number of benzene rings is 2. The molecule has 0 bridgehead atoms. The topological polar surface area (TPSA) is 208 Å². The largest absolute Gasteiger partial charge is 0.474 e. The number of oxazole rings is 1. The van der Waals surface area contributed by atoms with E-state index >= 15 is 0 Å². The molecule has 0 unspecified atom stereocenters. The molecule has 5 atom stereocenters. The van der Waals surface area contributed by atoms with Crippen molar-refractivity contribution in [2.75, 3.05) is 6.54 Å². The van der Waals surface area contributed by atoms with E-state index in [1.165, 1.54) is 16.2 Å². The first-order valence-electron chi connectivity index (χ1n) is 24.2. The summed E-state index contributed by atoms with van der Waals surface area (Å²) in [6, 6.07) is 16.4. The number of aliphatic imine (C=N–C) groups is 1. The number of β-amino-alcohol motifs (C(OH)–C–C–N with tert-alkyl or cyclic N) is 1. The maximum Gasteiger partial charge on any atom is 0.248 e. The van der Waals surface area contributed by atoms with Crippen LogP contribution in [0, 0.1) is 33.6 Å². The number of carbonyl (C=O) groups is 3. The third-order valence-corrected chi connectivity index (χ3v) is 15.4. The number of rotatable bonds is 14.